The second-order valence-electron chi connectivity index (χ2n) is 3.00. The van der Waals surface area contributed by atoms with Crippen molar-refractivity contribution in [1.82, 2.24) is 9.97 Å². The molecule has 1 aromatic rings. The third-order valence-corrected chi connectivity index (χ3v) is 1.87. The molecule has 0 radical (unpaired) electrons. The second kappa shape index (κ2) is 6.84. The summed E-state index contributed by atoms with van der Waals surface area (Å²) in [6, 6.07) is 3.57. The second-order valence-corrected chi connectivity index (χ2v) is 3.00. The number of methoxy groups -OCH3 is 1. The minimum atomic E-state index is -0.0911. The van der Waals surface area contributed by atoms with Crippen molar-refractivity contribution in [2.75, 3.05) is 25.6 Å². The monoisotopic (exact) mass is 245 g/mol. The van der Waals surface area contributed by atoms with E-state index < -0.39 is 0 Å². The Morgan fingerprint density at radius 2 is 2.00 bits per heavy atom. The molecule has 0 amide bonds. The maximum Gasteiger partial charge on any atom is 0.263 e. The fraction of sp³-hybridized carbons (Fsp3) is 0.273. The Kier molecular flexibility index (Phi) is 5.10. The van der Waals surface area contributed by atoms with Gasteiger partial charge in [-0.05, 0) is 0 Å². The van der Waals surface area contributed by atoms with Crippen LogP contribution in [0.5, 0.6) is 5.88 Å². The van der Waals surface area contributed by atoms with Crippen LogP contribution in [-0.2, 0) is 4.74 Å². The molecule has 1 aromatic heterocycles. The highest BCUT2D eigenvalue weighted by Crippen LogP contribution is 2.21. The van der Waals surface area contributed by atoms with Crippen LogP contribution < -0.4 is 10.1 Å². The van der Waals surface area contributed by atoms with Crippen molar-refractivity contribution < 1.29 is 9.47 Å². The number of aromatic nitrogens is 2. The zero-order chi connectivity index (χ0) is 13.4. The molecule has 0 fully saturated rings. The van der Waals surface area contributed by atoms with Gasteiger partial charge in [0.05, 0.1) is 12.9 Å². The highest BCUT2D eigenvalue weighted by molar-refractivity contribution is 5.51. The molecule has 1 N–H and O–H groups in total. The fourth-order valence-electron chi connectivity index (χ4n) is 1.12. The van der Waals surface area contributed by atoms with Gasteiger partial charge < -0.3 is 14.8 Å². The molecule has 0 saturated carbocycles. The first kappa shape index (κ1) is 13.4. The molecule has 92 valence electrons. The van der Waals surface area contributed by atoms with Gasteiger partial charge in [-0.3, -0.25) is 0 Å². The van der Waals surface area contributed by atoms with Gasteiger partial charge >= 0.3 is 0 Å². The molecule has 0 aromatic carbocycles. The van der Waals surface area contributed by atoms with E-state index in [0.717, 1.165) is 0 Å². The molecule has 1 heterocycles. The van der Waals surface area contributed by atoms with Crippen LogP contribution in [0.4, 0.5) is 5.82 Å². The van der Waals surface area contributed by atoms with E-state index in [2.05, 4.69) is 21.9 Å². The van der Waals surface area contributed by atoms with E-state index in [0.29, 0.717) is 13.2 Å². The van der Waals surface area contributed by atoms with E-state index in [1.165, 1.54) is 6.26 Å². The van der Waals surface area contributed by atoms with E-state index in [4.69, 9.17) is 20.0 Å². The van der Waals surface area contributed by atoms with Gasteiger partial charge in [0.1, 0.15) is 12.1 Å². The van der Waals surface area contributed by atoms with Crippen LogP contribution >= 0.6 is 0 Å². The molecule has 7 heteroatoms. The molecule has 0 aliphatic rings. The summed E-state index contributed by atoms with van der Waals surface area (Å²) in [6.07, 6.45) is 1.17. The van der Waals surface area contributed by atoms with E-state index >= 15 is 0 Å². The lowest BCUT2D eigenvalue weighted by atomic mass is 10.3. The van der Waals surface area contributed by atoms with Crippen molar-refractivity contribution in [2.45, 2.75) is 0 Å². The number of nitriles is 2. The van der Waals surface area contributed by atoms with Crippen molar-refractivity contribution in [1.29, 1.82) is 10.5 Å². The fourth-order valence-corrected chi connectivity index (χ4v) is 1.12. The van der Waals surface area contributed by atoms with Crippen molar-refractivity contribution >= 4 is 5.82 Å². The molecule has 0 spiro atoms. The highest BCUT2D eigenvalue weighted by atomic mass is 16.5. The average molecular weight is 245 g/mol. The Balaban J connectivity index is 3.09. The zero-order valence-electron chi connectivity index (χ0n) is 9.80. The lowest BCUT2D eigenvalue weighted by molar-refractivity contribution is 0.210. The summed E-state index contributed by atoms with van der Waals surface area (Å²) in [5.74, 6) is 0.360. The predicted octanol–water partition coefficient (Wildman–Crippen LogP) is 0.801. The van der Waals surface area contributed by atoms with Gasteiger partial charge in [0.25, 0.3) is 5.88 Å². The van der Waals surface area contributed by atoms with Gasteiger partial charge in [0.15, 0.2) is 17.2 Å². The Morgan fingerprint density at radius 3 is 2.56 bits per heavy atom. The first-order valence-corrected chi connectivity index (χ1v) is 4.99. The van der Waals surface area contributed by atoms with Crippen LogP contribution in [0.2, 0.25) is 0 Å². The van der Waals surface area contributed by atoms with Crippen LogP contribution in [0.3, 0.4) is 0 Å². The third-order valence-electron chi connectivity index (χ3n) is 1.87. The molecule has 0 aliphatic heterocycles. The molecule has 18 heavy (non-hydrogen) atoms. The van der Waals surface area contributed by atoms with Gasteiger partial charge in [-0.25, -0.2) is 4.98 Å². The maximum absolute atomic E-state index is 8.85. The molecule has 1 rings (SSSR count). The summed E-state index contributed by atoms with van der Waals surface area (Å²) in [4.78, 5) is 7.85. The predicted molar refractivity (Wildman–Crippen MR) is 62.7 cm³/mol. The average Bonchev–Trinajstić information content (AvgIpc) is 2.40. The zero-order valence-corrected chi connectivity index (χ0v) is 9.80. The van der Waals surface area contributed by atoms with Gasteiger partial charge in [0.2, 0.25) is 0 Å². The summed E-state index contributed by atoms with van der Waals surface area (Å²) in [5, 5.41) is 20.6. The van der Waals surface area contributed by atoms with Gasteiger partial charge in [0, 0.05) is 13.7 Å². The Morgan fingerprint density at radius 1 is 1.33 bits per heavy atom. The molecular formula is C11H11N5O2. The number of ether oxygens (including phenoxy) is 2. The van der Waals surface area contributed by atoms with Crippen molar-refractivity contribution in [2.24, 2.45) is 0 Å². The van der Waals surface area contributed by atoms with Crippen LogP contribution in [-0.4, -0.2) is 30.2 Å². The first-order chi connectivity index (χ1) is 8.76. The van der Waals surface area contributed by atoms with Crippen LogP contribution in [0.15, 0.2) is 12.8 Å². The van der Waals surface area contributed by atoms with Gasteiger partial charge in [-0.2, -0.15) is 15.5 Å². The van der Waals surface area contributed by atoms with E-state index in [1.54, 1.807) is 19.2 Å². The smallest absolute Gasteiger partial charge is 0.263 e. The Bertz CT molecular complexity index is 515. The van der Waals surface area contributed by atoms with Crippen molar-refractivity contribution in [3.63, 3.8) is 0 Å². The van der Waals surface area contributed by atoms with Crippen LogP contribution in [0, 0.1) is 22.7 Å². The molecule has 0 unspecified atom stereocenters. The van der Waals surface area contributed by atoms with E-state index in [9.17, 15) is 0 Å². The number of nitrogens with zero attached hydrogens (tertiary/aromatic N) is 4. The summed E-state index contributed by atoms with van der Waals surface area (Å²) in [7, 11) is 1.56. The Labute approximate surface area is 104 Å². The number of anilines is 1. The molecule has 0 bridgehead atoms. The molecule has 7 nitrogen and oxygen atoms in total. The Hall–Kier alpha value is -2.64. The lowest BCUT2D eigenvalue weighted by Crippen LogP contribution is -2.12. The SMILES string of the molecule is C=COc1nc(C#N)c(C#N)nc1NCCOC. The summed E-state index contributed by atoms with van der Waals surface area (Å²) < 4.78 is 9.91. The topological polar surface area (TPSA) is 104 Å². The van der Waals surface area contributed by atoms with Crippen molar-refractivity contribution in [3.05, 3.63) is 24.2 Å². The minimum absolute atomic E-state index is 0.0613. The molecule has 0 atom stereocenters. The first-order valence-electron chi connectivity index (χ1n) is 4.99. The quantitative estimate of drug-likeness (QED) is 0.583. The maximum atomic E-state index is 8.85. The minimum Gasteiger partial charge on any atom is -0.445 e. The van der Waals surface area contributed by atoms with E-state index in [-0.39, 0.29) is 23.1 Å². The number of hydrogen-bond acceptors (Lipinski definition) is 7. The van der Waals surface area contributed by atoms with Crippen LogP contribution in [0.25, 0.3) is 0 Å². The van der Waals surface area contributed by atoms with Crippen molar-refractivity contribution in [3.8, 4) is 18.0 Å². The van der Waals surface area contributed by atoms with Crippen LogP contribution in [0.1, 0.15) is 11.4 Å². The molecular weight excluding hydrogens is 234 g/mol. The third kappa shape index (κ3) is 3.17. The highest BCUT2D eigenvalue weighted by Gasteiger charge is 2.13. The normalized spacial score (nSPS) is 9.06. The summed E-state index contributed by atoms with van der Waals surface area (Å²) >= 11 is 0. The standard InChI is InChI=1S/C11H11N5O2/c1-3-18-11-10(14-4-5-17-2)15-8(6-12)9(7-13)16-11/h3H,1,4-5H2,2H3,(H,14,15). The number of nitrogens with one attached hydrogen (secondary N) is 1. The summed E-state index contributed by atoms with van der Waals surface area (Å²) in [6.45, 7) is 4.32. The number of hydrogen-bond donors (Lipinski definition) is 1. The van der Waals surface area contributed by atoms with Gasteiger partial charge in [-0.15, -0.1) is 0 Å². The lowest BCUT2D eigenvalue weighted by Gasteiger charge is -2.09. The van der Waals surface area contributed by atoms with Gasteiger partial charge in [-0.1, -0.05) is 6.58 Å². The molecule has 0 aliphatic carbocycles. The van der Waals surface area contributed by atoms with E-state index in [1.807, 2.05) is 0 Å². The summed E-state index contributed by atoms with van der Waals surface area (Å²) in [5.41, 5.74) is -0.152. The molecule has 0 saturated heterocycles. The number of rotatable bonds is 6. The largest absolute Gasteiger partial charge is 0.445 e.